The van der Waals surface area contributed by atoms with Crippen molar-refractivity contribution in [3.63, 3.8) is 0 Å². The van der Waals surface area contributed by atoms with Crippen LogP contribution in [0.25, 0.3) is 0 Å². The average molecular weight is 251 g/mol. The summed E-state index contributed by atoms with van der Waals surface area (Å²) in [4.78, 5) is 27.9. The summed E-state index contributed by atoms with van der Waals surface area (Å²) in [6.45, 7) is 1.95. The molecule has 0 aromatic heterocycles. The van der Waals surface area contributed by atoms with Crippen molar-refractivity contribution in [3.8, 4) is 0 Å². The van der Waals surface area contributed by atoms with Gasteiger partial charge in [-0.05, 0) is 19.3 Å². The van der Waals surface area contributed by atoms with Crippen molar-refractivity contribution in [3.05, 3.63) is 0 Å². The quantitative estimate of drug-likeness (QED) is 0.737. The second-order valence-electron chi connectivity index (χ2n) is 5.35. The normalized spacial score (nSPS) is 27.7. The summed E-state index contributed by atoms with van der Waals surface area (Å²) in [6.07, 6.45) is 6.14. The van der Waals surface area contributed by atoms with Gasteiger partial charge in [-0.3, -0.25) is 9.59 Å². The highest BCUT2D eigenvalue weighted by atomic mass is 16.2. The van der Waals surface area contributed by atoms with Gasteiger partial charge in [-0.2, -0.15) is 4.99 Å². The Kier molecular flexibility index (Phi) is 3.80. The van der Waals surface area contributed by atoms with Crippen molar-refractivity contribution >= 4 is 17.6 Å². The van der Waals surface area contributed by atoms with E-state index in [9.17, 15) is 9.59 Å². The van der Waals surface area contributed by atoms with E-state index in [2.05, 4.69) is 10.3 Å². The van der Waals surface area contributed by atoms with E-state index >= 15 is 0 Å². The van der Waals surface area contributed by atoms with E-state index in [-0.39, 0.29) is 11.8 Å². The minimum Gasteiger partial charge on any atom is -0.319 e. The highest BCUT2D eigenvalue weighted by Gasteiger charge is 2.40. The van der Waals surface area contributed by atoms with E-state index in [1.165, 1.54) is 0 Å². The van der Waals surface area contributed by atoms with Crippen LogP contribution in [0.5, 0.6) is 0 Å². The van der Waals surface area contributed by atoms with Crippen LogP contribution in [0, 0.1) is 5.92 Å². The Bertz CT molecular complexity index is 384. The van der Waals surface area contributed by atoms with Gasteiger partial charge in [-0.25, -0.2) is 0 Å². The molecule has 3 N–H and O–H groups in total. The number of carbonyl (C=O) groups excluding carboxylic acids is 2. The first-order valence-corrected chi connectivity index (χ1v) is 6.79. The molecule has 2 amide bonds. The highest BCUT2D eigenvalue weighted by Crippen LogP contribution is 2.28. The molecule has 1 unspecified atom stereocenters. The first-order chi connectivity index (χ1) is 8.57. The minimum atomic E-state index is -0.619. The number of nitrogens with zero attached hydrogens (tertiary/aromatic N) is 1. The van der Waals surface area contributed by atoms with Crippen LogP contribution in [0.2, 0.25) is 0 Å². The van der Waals surface area contributed by atoms with Gasteiger partial charge in [0, 0.05) is 0 Å². The molecule has 2 aliphatic rings. The van der Waals surface area contributed by atoms with E-state index in [1.54, 1.807) is 0 Å². The summed E-state index contributed by atoms with van der Waals surface area (Å²) < 4.78 is 0. The molecule has 1 aliphatic heterocycles. The molecule has 2 rings (SSSR count). The minimum absolute atomic E-state index is 0.234. The van der Waals surface area contributed by atoms with Crippen LogP contribution < -0.4 is 11.1 Å². The third-order valence-corrected chi connectivity index (χ3v) is 3.87. The zero-order valence-corrected chi connectivity index (χ0v) is 10.9. The number of amides is 2. The van der Waals surface area contributed by atoms with Crippen LogP contribution in [0.4, 0.5) is 0 Å². The number of amidine groups is 1. The van der Waals surface area contributed by atoms with Crippen molar-refractivity contribution in [2.24, 2.45) is 16.6 Å². The fourth-order valence-electron chi connectivity index (χ4n) is 2.73. The molecule has 5 nitrogen and oxygen atoms in total. The van der Waals surface area contributed by atoms with Crippen molar-refractivity contribution in [1.29, 1.82) is 0 Å². The monoisotopic (exact) mass is 251 g/mol. The number of hydrogen-bond acceptors (Lipinski definition) is 3. The Morgan fingerprint density at radius 3 is 2.56 bits per heavy atom. The van der Waals surface area contributed by atoms with Gasteiger partial charge < -0.3 is 11.1 Å². The van der Waals surface area contributed by atoms with Gasteiger partial charge in [0.15, 0.2) is 0 Å². The third kappa shape index (κ3) is 2.46. The third-order valence-electron chi connectivity index (χ3n) is 3.87. The lowest BCUT2D eigenvalue weighted by atomic mass is 9.80. The Morgan fingerprint density at radius 1 is 1.33 bits per heavy atom. The number of carbonyl (C=O) groups is 2. The Balaban J connectivity index is 2.18. The summed E-state index contributed by atoms with van der Waals surface area (Å²) in [5.74, 6) is -0.788. The maximum absolute atomic E-state index is 11.9. The van der Waals surface area contributed by atoms with Crippen molar-refractivity contribution < 1.29 is 9.59 Å². The average Bonchev–Trinajstić information content (AvgIpc) is 2.34. The first-order valence-electron chi connectivity index (χ1n) is 6.79. The van der Waals surface area contributed by atoms with Crippen molar-refractivity contribution in [2.75, 3.05) is 0 Å². The molecule has 1 saturated carbocycles. The van der Waals surface area contributed by atoms with Crippen LogP contribution >= 0.6 is 0 Å². The number of rotatable bonds is 3. The fraction of sp³-hybridized carbons (Fsp3) is 0.769. The molecule has 1 heterocycles. The lowest BCUT2D eigenvalue weighted by Gasteiger charge is -2.36. The maximum atomic E-state index is 11.9. The Morgan fingerprint density at radius 2 is 2.00 bits per heavy atom. The molecule has 1 fully saturated rings. The van der Waals surface area contributed by atoms with Crippen LogP contribution in [-0.4, -0.2) is 23.2 Å². The summed E-state index contributed by atoms with van der Waals surface area (Å²) in [5.41, 5.74) is 5.67. The van der Waals surface area contributed by atoms with Crippen LogP contribution in [0.1, 0.15) is 51.9 Å². The molecular weight excluding hydrogens is 230 g/mol. The molecule has 0 bridgehead atoms. The molecule has 0 radical (unpaired) electrons. The SMILES string of the molecule is CCCC1C(=O)N=C(C2(N)CCCCC2)NC1=O. The van der Waals surface area contributed by atoms with Crippen molar-refractivity contribution in [1.82, 2.24) is 5.32 Å². The highest BCUT2D eigenvalue weighted by molar-refractivity contribution is 6.18. The summed E-state index contributed by atoms with van der Waals surface area (Å²) in [5, 5.41) is 2.76. The van der Waals surface area contributed by atoms with E-state index in [1.807, 2.05) is 6.92 Å². The topological polar surface area (TPSA) is 84.6 Å². The van der Waals surface area contributed by atoms with Gasteiger partial charge >= 0.3 is 0 Å². The van der Waals surface area contributed by atoms with Crippen LogP contribution in [-0.2, 0) is 9.59 Å². The van der Waals surface area contributed by atoms with E-state index in [0.29, 0.717) is 12.3 Å². The van der Waals surface area contributed by atoms with Crippen LogP contribution in [0.3, 0.4) is 0 Å². The van der Waals surface area contributed by atoms with E-state index < -0.39 is 11.5 Å². The molecule has 5 heteroatoms. The largest absolute Gasteiger partial charge is 0.319 e. The molecule has 1 atom stereocenters. The van der Waals surface area contributed by atoms with Crippen molar-refractivity contribution in [2.45, 2.75) is 57.4 Å². The second kappa shape index (κ2) is 5.18. The Labute approximate surface area is 107 Å². The van der Waals surface area contributed by atoms with Gasteiger partial charge in [-0.15, -0.1) is 0 Å². The Hall–Kier alpha value is -1.23. The number of hydrogen-bond donors (Lipinski definition) is 2. The molecule has 0 spiro atoms. The predicted octanol–water partition coefficient (Wildman–Crippen LogP) is 1.12. The molecule has 18 heavy (non-hydrogen) atoms. The maximum Gasteiger partial charge on any atom is 0.259 e. The first kappa shape index (κ1) is 13.2. The summed E-state index contributed by atoms with van der Waals surface area (Å²) in [7, 11) is 0. The van der Waals surface area contributed by atoms with E-state index in [4.69, 9.17) is 5.73 Å². The molecule has 1 aliphatic carbocycles. The van der Waals surface area contributed by atoms with Gasteiger partial charge in [0.25, 0.3) is 5.91 Å². The van der Waals surface area contributed by atoms with Gasteiger partial charge in [0.05, 0.1) is 5.54 Å². The molecular formula is C13H21N3O2. The smallest absolute Gasteiger partial charge is 0.259 e. The molecule has 0 aromatic rings. The zero-order chi connectivity index (χ0) is 13.2. The van der Waals surface area contributed by atoms with Gasteiger partial charge in [-0.1, -0.05) is 32.6 Å². The lowest BCUT2D eigenvalue weighted by Crippen LogP contribution is -2.60. The second-order valence-corrected chi connectivity index (χ2v) is 5.35. The summed E-state index contributed by atoms with van der Waals surface area (Å²) in [6, 6.07) is 0. The predicted molar refractivity (Wildman–Crippen MR) is 69.0 cm³/mol. The van der Waals surface area contributed by atoms with Gasteiger partial charge in [0.1, 0.15) is 11.8 Å². The zero-order valence-electron chi connectivity index (χ0n) is 10.9. The number of nitrogens with one attached hydrogen (secondary N) is 1. The fourth-order valence-corrected chi connectivity index (χ4v) is 2.73. The molecule has 100 valence electrons. The summed E-state index contributed by atoms with van der Waals surface area (Å²) >= 11 is 0. The standard InChI is InChI=1S/C13H21N3O2/c1-2-6-9-10(17)15-12(16-11(9)18)13(14)7-4-3-5-8-13/h9H,2-8,14H2,1H3,(H,15,16,17,18). The van der Waals surface area contributed by atoms with Gasteiger partial charge in [0.2, 0.25) is 5.91 Å². The molecule has 0 aromatic carbocycles. The number of nitrogens with two attached hydrogens (primary N) is 1. The number of aliphatic imine (C=N–C) groups is 1. The van der Waals surface area contributed by atoms with E-state index in [0.717, 1.165) is 38.5 Å². The molecule has 0 saturated heterocycles. The van der Waals surface area contributed by atoms with Crippen LogP contribution in [0.15, 0.2) is 4.99 Å². The lowest BCUT2D eigenvalue weighted by molar-refractivity contribution is -0.133.